The molecular weight excluding hydrogens is 298 g/mol. The maximum atomic E-state index is 12.8. The van der Waals surface area contributed by atoms with E-state index in [0.717, 1.165) is 24.8 Å². The third kappa shape index (κ3) is 3.37. The summed E-state index contributed by atoms with van der Waals surface area (Å²) in [6.45, 7) is 7.03. The summed E-state index contributed by atoms with van der Waals surface area (Å²) in [5, 5.41) is 14.1. The molecule has 24 heavy (non-hydrogen) atoms. The molecule has 1 fully saturated rings. The number of hydrogen-bond acceptors (Lipinski definition) is 2. The Hall–Kier alpha value is -1.35. The number of fused-ring (bicyclic) bond motifs is 1. The van der Waals surface area contributed by atoms with Crippen molar-refractivity contribution in [2.75, 3.05) is 6.54 Å². The SMILES string of the molecule is CC1CC[C@@H](C(C)C)[C@H](C(=O)NCC2(O)CCc3ccccc32)C1. The van der Waals surface area contributed by atoms with Gasteiger partial charge in [0.05, 0.1) is 6.54 Å². The van der Waals surface area contributed by atoms with Crippen molar-refractivity contribution in [1.29, 1.82) is 0 Å². The van der Waals surface area contributed by atoms with Gasteiger partial charge < -0.3 is 10.4 Å². The highest BCUT2D eigenvalue weighted by molar-refractivity contribution is 5.79. The van der Waals surface area contributed by atoms with Crippen molar-refractivity contribution in [1.82, 2.24) is 5.32 Å². The summed E-state index contributed by atoms with van der Waals surface area (Å²) in [6, 6.07) is 8.05. The van der Waals surface area contributed by atoms with Gasteiger partial charge in [-0.1, -0.05) is 51.5 Å². The van der Waals surface area contributed by atoms with Crippen LogP contribution in [-0.2, 0) is 16.8 Å². The minimum absolute atomic E-state index is 0.0917. The van der Waals surface area contributed by atoms with Crippen molar-refractivity contribution in [3.63, 3.8) is 0 Å². The quantitative estimate of drug-likeness (QED) is 0.886. The molecule has 0 heterocycles. The average molecular weight is 329 g/mol. The first-order valence-corrected chi connectivity index (χ1v) is 9.49. The molecule has 0 aromatic heterocycles. The molecule has 4 atom stereocenters. The topological polar surface area (TPSA) is 49.3 Å². The van der Waals surface area contributed by atoms with E-state index in [1.165, 1.54) is 12.0 Å². The van der Waals surface area contributed by atoms with Crippen LogP contribution in [0.3, 0.4) is 0 Å². The van der Waals surface area contributed by atoms with Gasteiger partial charge in [0.15, 0.2) is 0 Å². The van der Waals surface area contributed by atoms with Gasteiger partial charge in [-0.15, -0.1) is 0 Å². The summed E-state index contributed by atoms with van der Waals surface area (Å²) < 4.78 is 0. The van der Waals surface area contributed by atoms with E-state index in [2.05, 4.69) is 32.2 Å². The Bertz CT molecular complexity index is 597. The van der Waals surface area contributed by atoms with Crippen LogP contribution in [0.15, 0.2) is 24.3 Å². The van der Waals surface area contributed by atoms with Crippen molar-refractivity contribution in [2.24, 2.45) is 23.7 Å². The lowest BCUT2D eigenvalue weighted by Gasteiger charge is -2.37. The smallest absolute Gasteiger partial charge is 0.223 e. The van der Waals surface area contributed by atoms with Gasteiger partial charge in [0.2, 0.25) is 5.91 Å². The molecule has 2 unspecified atom stereocenters. The van der Waals surface area contributed by atoms with E-state index in [4.69, 9.17) is 0 Å². The van der Waals surface area contributed by atoms with Crippen LogP contribution in [-0.4, -0.2) is 17.6 Å². The Labute approximate surface area is 145 Å². The predicted octanol–water partition coefficient (Wildman–Crippen LogP) is 3.65. The summed E-state index contributed by atoms with van der Waals surface area (Å²) in [7, 11) is 0. The zero-order valence-electron chi connectivity index (χ0n) is 15.2. The van der Waals surface area contributed by atoms with Gasteiger partial charge in [-0.05, 0) is 54.6 Å². The fourth-order valence-corrected chi connectivity index (χ4v) is 4.72. The standard InChI is InChI=1S/C21H31NO2/c1-14(2)17-9-8-15(3)12-18(17)20(23)22-13-21(24)11-10-16-6-4-5-7-19(16)21/h4-7,14-15,17-18,24H,8-13H2,1-3H3,(H,22,23)/t15?,17-,18+,21?/m0/s1. The van der Waals surface area contributed by atoms with Gasteiger partial charge in [-0.2, -0.15) is 0 Å². The molecule has 0 spiro atoms. The molecule has 0 aliphatic heterocycles. The van der Waals surface area contributed by atoms with E-state index in [1.54, 1.807) is 0 Å². The molecular formula is C21H31NO2. The van der Waals surface area contributed by atoms with Crippen LogP contribution in [0.5, 0.6) is 0 Å². The van der Waals surface area contributed by atoms with Crippen molar-refractivity contribution in [3.8, 4) is 0 Å². The second-order valence-electron chi connectivity index (χ2n) is 8.34. The summed E-state index contributed by atoms with van der Waals surface area (Å²) in [6.07, 6.45) is 4.93. The molecule has 1 amide bonds. The number of carbonyl (C=O) groups is 1. The maximum absolute atomic E-state index is 12.8. The van der Waals surface area contributed by atoms with Crippen LogP contribution in [0.2, 0.25) is 0 Å². The molecule has 3 rings (SSSR count). The highest BCUT2D eigenvalue weighted by atomic mass is 16.3. The van der Waals surface area contributed by atoms with Crippen LogP contribution in [0.4, 0.5) is 0 Å². The van der Waals surface area contributed by atoms with Gasteiger partial charge in [0.25, 0.3) is 0 Å². The Morgan fingerprint density at radius 2 is 2.08 bits per heavy atom. The summed E-state index contributed by atoms with van der Waals surface area (Å²) >= 11 is 0. The minimum atomic E-state index is -0.903. The van der Waals surface area contributed by atoms with Gasteiger partial charge in [0, 0.05) is 5.92 Å². The molecule has 0 bridgehead atoms. The summed E-state index contributed by atoms with van der Waals surface area (Å²) in [4.78, 5) is 12.8. The van der Waals surface area contributed by atoms with E-state index in [9.17, 15) is 9.90 Å². The number of aryl methyl sites for hydroxylation is 1. The van der Waals surface area contributed by atoms with E-state index in [-0.39, 0.29) is 11.8 Å². The zero-order chi connectivity index (χ0) is 17.3. The fraction of sp³-hybridized carbons (Fsp3) is 0.667. The molecule has 2 N–H and O–H groups in total. The van der Waals surface area contributed by atoms with Crippen molar-refractivity contribution < 1.29 is 9.90 Å². The third-order valence-corrected chi connectivity index (χ3v) is 6.24. The van der Waals surface area contributed by atoms with Crippen LogP contribution in [0.25, 0.3) is 0 Å². The Kier molecular flexibility index (Phi) is 5.00. The number of rotatable bonds is 4. The highest BCUT2D eigenvalue weighted by Gasteiger charge is 2.39. The minimum Gasteiger partial charge on any atom is -0.383 e. The first-order chi connectivity index (χ1) is 11.4. The van der Waals surface area contributed by atoms with Crippen molar-refractivity contribution in [3.05, 3.63) is 35.4 Å². The number of nitrogens with one attached hydrogen (secondary N) is 1. The molecule has 1 aromatic rings. The normalized spacial score (nSPS) is 32.6. The lowest BCUT2D eigenvalue weighted by atomic mass is 9.69. The van der Waals surface area contributed by atoms with Gasteiger partial charge in [-0.25, -0.2) is 0 Å². The van der Waals surface area contributed by atoms with Crippen LogP contribution in [0.1, 0.15) is 57.6 Å². The number of benzene rings is 1. The van der Waals surface area contributed by atoms with E-state index in [0.29, 0.717) is 30.7 Å². The van der Waals surface area contributed by atoms with Gasteiger partial charge >= 0.3 is 0 Å². The molecule has 2 aliphatic carbocycles. The van der Waals surface area contributed by atoms with Crippen molar-refractivity contribution >= 4 is 5.91 Å². The number of hydrogen-bond donors (Lipinski definition) is 2. The second kappa shape index (κ2) is 6.87. The molecule has 0 saturated heterocycles. The molecule has 3 nitrogen and oxygen atoms in total. The molecule has 3 heteroatoms. The third-order valence-electron chi connectivity index (χ3n) is 6.24. The molecule has 1 saturated carbocycles. The lowest BCUT2D eigenvalue weighted by Crippen LogP contribution is -2.45. The molecule has 1 aromatic carbocycles. The van der Waals surface area contributed by atoms with E-state index in [1.807, 2.05) is 18.2 Å². The molecule has 132 valence electrons. The van der Waals surface area contributed by atoms with Gasteiger partial charge in [0.1, 0.15) is 5.60 Å². The number of amides is 1. The Balaban J connectivity index is 1.67. The average Bonchev–Trinajstić information content (AvgIpc) is 2.90. The van der Waals surface area contributed by atoms with Crippen molar-refractivity contribution in [2.45, 2.75) is 58.5 Å². The number of aliphatic hydroxyl groups is 1. The van der Waals surface area contributed by atoms with Gasteiger partial charge in [-0.3, -0.25) is 4.79 Å². The largest absolute Gasteiger partial charge is 0.383 e. The second-order valence-corrected chi connectivity index (χ2v) is 8.34. The molecule has 0 radical (unpaired) electrons. The van der Waals surface area contributed by atoms with Crippen LogP contribution < -0.4 is 5.32 Å². The van der Waals surface area contributed by atoms with E-state index >= 15 is 0 Å². The fourth-order valence-electron chi connectivity index (χ4n) is 4.72. The lowest BCUT2D eigenvalue weighted by molar-refractivity contribution is -0.130. The Morgan fingerprint density at radius 1 is 1.33 bits per heavy atom. The molecule has 2 aliphatic rings. The maximum Gasteiger partial charge on any atom is 0.223 e. The predicted molar refractivity (Wildman–Crippen MR) is 96.5 cm³/mol. The summed E-state index contributed by atoms with van der Waals surface area (Å²) in [5.74, 6) is 1.84. The zero-order valence-corrected chi connectivity index (χ0v) is 15.2. The summed E-state index contributed by atoms with van der Waals surface area (Å²) in [5.41, 5.74) is 1.29. The Morgan fingerprint density at radius 3 is 2.83 bits per heavy atom. The van der Waals surface area contributed by atoms with E-state index < -0.39 is 5.60 Å². The van der Waals surface area contributed by atoms with Crippen LogP contribution in [0, 0.1) is 23.7 Å². The first kappa shape index (κ1) is 17.5. The monoisotopic (exact) mass is 329 g/mol. The highest BCUT2D eigenvalue weighted by Crippen LogP contribution is 2.39. The van der Waals surface area contributed by atoms with Crippen LogP contribution >= 0.6 is 0 Å². The number of carbonyl (C=O) groups excluding carboxylic acids is 1. The first-order valence-electron chi connectivity index (χ1n) is 9.49.